The van der Waals surface area contributed by atoms with Crippen LogP contribution in [0.15, 0.2) is 89.3 Å². The van der Waals surface area contributed by atoms with Gasteiger partial charge >= 0.3 is 12.1 Å². The summed E-state index contributed by atoms with van der Waals surface area (Å²) in [5.74, 6) is 0.526. The summed E-state index contributed by atoms with van der Waals surface area (Å²) in [6, 6.07) is 26.0. The summed E-state index contributed by atoms with van der Waals surface area (Å²) in [6.07, 6.45) is 0.414. The number of oxazole rings is 1. The van der Waals surface area contributed by atoms with Gasteiger partial charge in [0.05, 0.1) is 18.2 Å². The second-order valence-electron chi connectivity index (χ2n) is 9.53. The van der Waals surface area contributed by atoms with Gasteiger partial charge in [0.1, 0.15) is 17.3 Å². The number of likely N-dealkylation sites (tertiary alicyclic amines) is 1. The molecule has 0 spiro atoms. The number of nitrogens with zero attached hydrogens (tertiary/aromatic N) is 2. The van der Waals surface area contributed by atoms with Gasteiger partial charge < -0.3 is 23.9 Å². The number of rotatable bonds is 8. The number of aliphatic carboxylic acids is 1. The SMILES string of the molecule is Cc1oc(-c2ccccc2)nc1CCOc1cccc(C2CN(C(=O)Oc3ccccc3)CCC2C(=O)O)c1. The molecule has 2 unspecified atom stereocenters. The van der Waals surface area contributed by atoms with Crippen LogP contribution in [0.4, 0.5) is 4.79 Å². The molecule has 1 amide bonds. The largest absolute Gasteiger partial charge is 0.493 e. The number of carbonyl (C=O) groups excluding carboxylic acids is 1. The van der Waals surface area contributed by atoms with E-state index in [0.29, 0.717) is 43.4 Å². The lowest BCUT2D eigenvalue weighted by Gasteiger charge is -2.36. The second-order valence-corrected chi connectivity index (χ2v) is 9.53. The predicted octanol–water partition coefficient (Wildman–Crippen LogP) is 5.96. The molecule has 4 aromatic rings. The van der Waals surface area contributed by atoms with E-state index in [1.54, 1.807) is 29.2 Å². The Bertz CT molecular complexity index is 1420. The molecule has 2 atom stereocenters. The smallest absolute Gasteiger partial charge is 0.415 e. The summed E-state index contributed by atoms with van der Waals surface area (Å²) in [5.41, 5.74) is 2.56. The van der Waals surface area contributed by atoms with Crippen molar-refractivity contribution in [3.63, 3.8) is 0 Å². The van der Waals surface area contributed by atoms with Crippen LogP contribution >= 0.6 is 0 Å². The second kappa shape index (κ2) is 11.9. The van der Waals surface area contributed by atoms with Crippen molar-refractivity contribution in [3.8, 4) is 23.0 Å². The number of ether oxygens (including phenoxy) is 2. The van der Waals surface area contributed by atoms with Gasteiger partial charge in [-0.1, -0.05) is 48.5 Å². The van der Waals surface area contributed by atoms with Gasteiger partial charge in [-0.15, -0.1) is 0 Å². The normalized spacial score (nSPS) is 17.0. The van der Waals surface area contributed by atoms with E-state index in [2.05, 4.69) is 4.98 Å². The van der Waals surface area contributed by atoms with Crippen LogP contribution in [0.2, 0.25) is 0 Å². The Morgan fingerprint density at radius 3 is 2.46 bits per heavy atom. The van der Waals surface area contributed by atoms with Crippen molar-refractivity contribution in [1.82, 2.24) is 9.88 Å². The quantitative estimate of drug-likeness (QED) is 0.302. The summed E-state index contributed by atoms with van der Waals surface area (Å²) in [5, 5.41) is 9.90. The standard InChI is InChI=1S/C31H30N2O6/c1-21-28(32-29(38-21)22-9-4-2-5-10-22)16-18-37-25-14-8-11-23(19-25)27-20-33(17-15-26(27)30(34)35)31(36)39-24-12-6-3-7-13-24/h2-14,19,26-27H,15-18,20H2,1H3,(H,34,35). The Hall–Kier alpha value is -4.59. The molecule has 0 saturated carbocycles. The lowest BCUT2D eigenvalue weighted by Crippen LogP contribution is -2.46. The molecule has 1 saturated heterocycles. The van der Waals surface area contributed by atoms with Crippen molar-refractivity contribution in [2.45, 2.75) is 25.7 Å². The number of carboxylic acid groups (broad SMARTS) is 1. The van der Waals surface area contributed by atoms with Crippen LogP contribution in [0, 0.1) is 12.8 Å². The van der Waals surface area contributed by atoms with E-state index >= 15 is 0 Å². The fourth-order valence-corrected chi connectivity index (χ4v) is 4.87. The highest BCUT2D eigenvalue weighted by molar-refractivity contribution is 5.74. The Morgan fingerprint density at radius 2 is 1.72 bits per heavy atom. The van der Waals surface area contributed by atoms with E-state index in [-0.39, 0.29) is 6.54 Å². The van der Waals surface area contributed by atoms with Gasteiger partial charge in [0, 0.05) is 31.0 Å². The van der Waals surface area contributed by atoms with Crippen LogP contribution in [0.1, 0.15) is 29.4 Å². The average molecular weight is 527 g/mol. The van der Waals surface area contributed by atoms with Crippen molar-refractivity contribution in [2.75, 3.05) is 19.7 Å². The van der Waals surface area contributed by atoms with Crippen LogP contribution in [0.3, 0.4) is 0 Å². The first-order chi connectivity index (χ1) is 19.0. The minimum atomic E-state index is -0.877. The Kier molecular flexibility index (Phi) is 7.91. The summed E-state index contributed by atoms with van der Waals surface area (Å²) in [6.45, 7) is 2.83. The van der Waals surface area contributed by atoms with Crippen LogP contribution in [-0.4, -0.2) is 46.7 Å². The van der Waals surface area contributed by atoms with Gasteiger partial charge in [0.2, 0.25) is 5.89 Å². The number of piperidine rings is 1. The summed E-state index contributed by atoms with van der Waals surface area (Å²) in [4.78, 5) is 31.1. The van der Waals surface area contributed by atoms with Gasteiger partial charge in [0.15, 0.2) is 0 Å². The number of hydrogen-bond acceptors (Lipinski definition) is 6. The number of carboxylic acids is 1. The predicted molar refractivity (Wildman–Crippen MR) is 145 cm³/mol. The number of carbonyl (C=O) groups is 2. The first kappa shape index (κ1) is 26.0. The number of aryl methyl sites for hydroxylation is 1. The molecule has 1 aromatic heterocycles. The summed E-state index contributed by atoms with van der Waals surface area (Å²) in [7, 11) is 0. The highest BCUT2D eigenvalue weighted by Crippen LogP contribution is 2.35. The molecular formula is C31H30N2O6. The Morgan fingerprint density at radius 1 is 1.00 bits per heavy atom. The van der Waals surface area contributed by atoms with Crippen LogP contribution in [-0.2, 0) is 11.2 Å². The lowest BCUT2D eigenvalue weighted by molar-refractivity contribution is -0.144. The molecule has 0 bridgehead atoms. The average Bonchev–Trinajstić information content (AvgIpc) is 3.34. The molecule has 8 nitrogen and oxygen atoms in total. The van der Waals surface area contributed by atoms with Crippen molar-refractivity contribution < 1.29 is 28.6 Å². The molecule has 0 aliphatic carbocycles. The minimum Gasteiger partial charge on any atom is -0.493 e. The summed E-state index contributed by atoms with van der Waals surface area (Å²) >= 11 is 0. The van der Waals surface area contributed by atoms with E-state index in [0.717, 1.165) is 22.6 Å². The Labute approximate surface area is 226 Å². The van der Waals surface area contributed by atoms with Crippen molar-refractivity contribution in [2.24, 2.45) is 5.92 Å². The maximum absolute atomic E-state index is 12.8. The lowest BCUT2D eigenvalue weighted by atomic mass is 9.81. The highest BCUT2D eigenvalue weighted by Gasteiger charge is 2.37. The van der Waals surface area contributed by atoms with E-state index in [1.807, 2.05) is 67.6 Å². The third-order valence-corrected chi connectivity index (χ3v) is 6.94. The van der Waals surface area contributed by atoms with Gasteiger partial charge in [0.25, 0.3) is 0 Å². The molecule has 200 valence electrons. The molecule has 1 N–H and O–H groups in total. The number of para-hydroxylation sites is 1. The molecular weight excluding hydrogens is 496 g/mol. The van der Waals surface area contributed by atoms with Crippen molar-refractivity contribution in [3.05, 3.63) is 102 Å². The fraction of sp³-hybridized carbons (Fsp3) is 0.258. The van der Waals surface area contributed by atoms with Gasteiger partial charge in [-0.25, -0.2) is 9.78 Å². The zero-order chi connectivity index (χ0) is 27.2. The molecule has 1 aliphatic heterocycles. The van der Waals surface area contributed by atoms with Crippen LogP contribution < -0.4 is 9.47 Å². The van der Waals surface area contributed by atoms with Crippen molar-refractivity contribution in [1.29, 1.82) is 0 Å². The Balaban J connectivity index is 1.24. The molecule has 3 aromatic carbocycles. The zero-order valence-corrected chi connectivity index (χ0v) is 21.7. The first-order valence-corrected chi connectivity index (χ1v) is 13.0. The molecule has 5 rings (SSSR count). The minimum absolute atomic E-state index is 0.243. The van der Waals surface area contributed by atoms with E-state index in [1.165, 1.54) is 0 Å². The third kappa shape index (κ3) is 6.29. The topological polar surface area (TPSA) is 102 Å². The maximum Gasteiger partial charge on any atom is 0.415 e. The first-order valence-electron chi connectivity index (χ1n) is 13.0. The molecule has 1 fully saturated rings. The summed E-state index contributed by atoms with van der Waals surface area (Å²) < 4.78 is 17.4. The number of amides is 1. The molecule has 39 heavy (non-hydrogen) atoms. The van der Waals surface area contributed by atoms with Gasteiger partial charge in [-0.05, 0) is 55.3 Å². The van der Waals surface area contributed by atoms with Crippen LogP contribution in [0.5, 0.6) is 11.5 Å². The van der Waals surface area contributed by atoms with Crippen LogP contribution in [0.25, 0.3) is 11.5 Å². The fourth-order valence-electron chi connectivity index (χ4n) is 4.87. The number of benzene rings is 3. The van der Waals surface area contributed by atoms with E-state index in [9.17, 15) is 14.7 Å². The van der Waals surface area contributed by atoms with E-state index < -0.39 is 23.9 Å². The number of aromatic nitrogens is 1. The van der Waals surface area contributed by atoms with Gasteiger partial charge in [-0.3, -0.25) is 4.79 Å². The third-order valence-electron chi connectivity index (χ3n) is 6.94. The monoisotopic (exact) mass is 526 g/mol. The van der Waals surface area contributed by atoms with E-state index in [4.69, 9.17) is 13.9 Å². The van der Waals surface area contributed by atoms with Crippen molar-refractivity contribution >= 4 is 12.1 Å². The zero-order valence-electron chi connectivity index (χ0n) is 21.7. The molecule has 1 aliphatic rings. The highest BCUT2D eigenvalue weighted by atomic mass is 16.6. The number of hydrogen-bond donors (Lipinski definition) is 1. The molecule has 8 heteroatoms. The molecule has 2 heterocycles. The maximum atomic E-state index is 12.8. The molecule has 0 radical (unpaired) electrons. The van der Waals surface area contributed by atoms with Gasteiger partial charge in [-0.2, -0.15) is 0 Å².